The molecule has 0 spiro atoms. The zero-order valence-electron chi connectivity index (χ0n) is 21.3. The molecule has 2 N–H and O–H groups in total. The summed E-state index contributed by atoms with van der Waals surface area (Å²) in [4.78, 5) is 17.5. The summed E-state index contributed by atoms with van der Waals surface area (Å²) in [7, 11) is -4.37. The van der Waals surface area contributed by atoms with Gasteiger partial charge in [0, 0.05) is 11.9 Å². The van der Waals surface area contributed by atoms with Crippen molar-refractivity contribution < 1.29 is 23.6 Å². The zero-order chi connectivity index (χ0) is 23.9. The van der Waals surface area contributed by atoms with E-state index < -0.39 is 7.82 Å². The molecule has 7 heteroatoms. The van der Waals surface area contributed by atoms with Crippen molar-refractivity contribution in [3.05, 3.63) is 0 Å². The van der Waals surface area contributed by atoms with Crippen molar-refractivity contribution in [1.82, 2.24) is 0 Å². The molecule has 2 atom stereocenters. The molecule has 0 aliphatic heterocycles. The molecule has 0 fully saturated rings. The van der Waals surface area contributed by atoms with Gasteiger partial charge in [-0.1, -0.05) is 104 Å². The van der Waals surface area contributed by atoms with E-state index >= 15 is 0 Å². The first-order chi connectivity index (χ1) is 15.4. The van der Waals surface area contributed by atoms with E-state index in [1.165, 1.54) is 108 Å². The van der Waals surface area contributed by atoms with Gasteiger partial charge in [0.15, 0.2) is 0 Å². The Labute approximate surface area is 203 Å². The molecule has 32 heavy (non-hydrogen) atoms. The second kappa shape index (κ2) is 23.2. The minimum Gasteiger partial charge on any atom is -0.377 e. The second-order valence-electron chi connectivity index (χ2n) is 9.05. The van der Waals surface area contributed by atoms with E-state index in [0.29, 0.717) is 18.3 Å². The molecule has 0 aliphatic rings. The first-order valence-electron chi connectivity index (χ1n) is 13.3. The van der Waals surface area contributed by atoms with E-state index in [9.17, 15) is 4.57 Å². The molecule has 0 bridgehead atoms. The van der Waals surface area contributed by atoms with E-state index in [4.69, 9.17) is 14.5 Å². The Kier molecular flexibility index (Phi) is 23.5. The molecule has 0 saturated carbocycles. The molecular weight excluding hydrogens is 443 g/mol. The SMILES string of the molecule is CCCCCCCCCCCCS[C@@H](CCCCCCC)C(C)OCCCOP(=O)(O)O. The number of hydrogen-bond donors (Lipinski definition) is 2. The van der Waals surface area contributed by atoms with Gasteiger partial charge in [0.05, 0.1) is 12.7 Å². The monoisotopic (exact) mass is 496 g/mol. The summed E-state index contributed by atoms with van der Waals surface area (Å²) in [5.41, 5.74) is 0. The number of ether oxygens (including phenoxy) is 1. The molecule has 1 unspecified atom stereocenters. The normalized spacial score (nSPS) is 14.0. The first kappa shape index (κ1) is 32.4. The summed E-state index contributed by atoms with van der Waals surface area (Å²) in [6.07, 6.45) is 22.0. The van der Waals surface area contributed by atoms with Gasteiger partial charge in [0.25, 0.3) is 0 Å². The summed E-state index contributed by atoms with van der Waals surface area (Å²) in [5.74, 6) is 1.20. The zero-order valence-corrected chi connectivity index (χ0v) is 23.0. The summed E-state index contributed by atoms with van der Waals surface area (Å²) >= 11 is 2.06. The minimum absolute atomic E-state index is 0.0322. The largest absolute Gasteiger partial charge is 0.469 e. The smallest absolute Gasteiger partial charge is 0.377 e. The fourth-order valence-corrected chi connectivity index (χ4v) is 5.57. The highest BCUT2D eigenvalue weighted by Gasteiger charge is 2.18. The number of hydrogen-bond acceptors (Lipinski definition) is 4. The van der Waals surface area contributed by atoms with Crippen LogP contribution in [0.25, 0.3) is 0 Å². The van der Waals surface area contributed by atoms with E-state index in [1.807, 2.05) is 0 Å². The molecule has 0 aromatic heterocycles. The van der Waals surface area contributed by atoms with E-state index in [2.05, 4.69) is 37.1 Å². The van der Waals surface area contributed by atoms with Crippen LogP contribution in [0.1, 0.15) is 130 Å². The maximum absolute atomic E-state index is 10.7. The Morgan fingerprint density at radius 3 is 1.75 bits per heavy atom. The van der Waals surface area contributed by atoms with Crippen molar-refractivity contribution in [2.45, 2.75) is 141 Å². The Bertz CT molecular complexity index is 433. The van der Waals surface area contributed by atoms with Gasteiger partial charge in [-0.25, -0.2) is 4.57 Å². The highest BCUT2D eigenvalue weighted by molar-refractivity contribution is 7.99. The molecule has 0 aromatic carbocycles. The van der Waals surface area contributed by atoms with E-state index in [-0.39, 0.29) is 12.7 Å². The third kappa shape index (κ3) is 23.6. The highest BCUT2D eigenvalue weighted by atomic mass is 32.2. The van der Waals surface area contributed by atoms with Gasteiger partial charge in [0.2, 0.25) is 0 Å². The third-order valence-corrected chi connectivity index (χ3v) is 7.96. The fourth-order valence-electron chi connectivity index (χ4n) is 3.85. The van der Waals surface area contributed by atoms with Crippen molar-refractivity contribution in [3.63, 3.8) is 0 Å². The maximum Gasteiger partial charge on any atom is 0.469 e. The lowest BCUT2D eigenvalue weighted by atomic mass is 10.1. The molecule has 0 aliphatic carbocycles. The topological polar surface area (TPSA) is 76.0 Å². The van der Waals surface area contributed by atoms with Gasteiger partial charge in [-0.15, -0.1) is 0 Å². The molecule has 5 nitrogen and oxygen atoms in total. The number of thioether (sulfide) groups is 1. The van der Waals surface area contributed by atoms with Crippen LogP contribution < -0.4 is 0 Å². The molecule has 0 rings (SSSR count). The number of phosphoric acid groups is 1. The van der Waals surface area contributed by atoms with Crippen LogP contribution in [0.5, 0.6) is 0 Å². The molecule has 0 aromatic rings. The van der Waals surface area contributed by atoms with E-state index in [0.717, 1.165) is 0 Å². The van der Waals surface area contributed by atoms with Crippen LogP contribution in [0, 0.1) is 0 Å². The minimum atomic E-state index is -4.37. The van der Waals surface area contributed by atoms with Crippen molar-refractivity contribution in [2.75, 3.05) is 19.0 Å². The van der Waals surface area contributed by atoms with Gasteiger partial charge in [-0.05, 0) is 31.9 Å². The van der Waals surface area contributed by atoms with Gasteiger partial charge < -0.3 is 14.5 Å². The lowest BCUT2D eigenvalue weighted by Crippen LogP contribution is -2.24. The quantitative estimate of drug-likeness (QED) is 0.0978. The third-order valence-electron chi connectivity index (χ3n) is 5.87. The average Bonchev–Trinajstić information content (AvgIpc) is 2.74. The molecular formula is C25H53O5PS. The lowest BCUT2D eigenvalue weighted by Gasteiger charge is -2.24. The Hall–Kier alpha value is 0.420. The molecule has 0 amide bonds. The van der Waals surface area contributed by atoms with Gasteiger partial charge >= 0.3 is 7.82 Å². The summed E-state index contributed by atoms with van der Waals surface area (Å²) in [5, 5.41) is 0.498. The van der Waals surface area contributed by atoms with Crippen LogP contribution in [0.4, 0.5) is 0 Å². The Morgan fingerprint density at radius 2 is 1.22 bits per heavy atom. The highest BCUT2D eigenvalue weighted by Crippen LogP contribution is 2.35. The lowest BCUT2D eigenvalue weighted by molar-refractivity contribution is 0.0521. The van der Waals surface area contributed by atoms with Crippen LogP contribution in [0.3, 0.4) is 0 Å². The van der Waals surface area contributed by atoms with Gasteiger partial charge in [-0.2, -0.15) is 11.8 Å². The number of rotatable bonds is 25. The standard InChI is InChI=1S/C25H53O5PS/c1-4-6-8-10-11-12-13-14-16-18-23-32-25(20-17-15-9-7-5-2)24(3)29-21-19-22-30-31(26,27)28/h24-25H,4-23H2,1-3H3,(H2,26,27,28)/t24?,25-/m0/s1. The number of unbranched alkanes of at least 4 members (excludes halogenated alkanes) is 13. The second-order valence-corrected chi connectivity index (χ2v) is 11.6. The Morgan fingerprint density at radius 1 is 0.719 bits per heavy atom. The number of phosphoric ester groups is 1. The predicted molar refractivity (Wildman–Crippen MR) is 139 cm³/mol. The van der Waals surface area contributed by atoms with Crippen LogP contribution in [-0.2, 0) is 13.8 Å². The molecule has 0 heterocycles. The molecule has 194 valence electrons. The van der Waals surface area contributed by atoms with Crippen molar-refractivity contribution in [1.29, 1.82) is 0 Å². The van der Waals surface area contributed by atoms with Crippen LogP contribution in [0.2, 0.25) is 0 Å². The summed E-state index contributed by atoms with van der Waals surface area (Å²) in [6, 6.07) is 0. The predicted octanol–water partition coefficient (Wildman–Crippen LogP) is 8.27. The van der Waals surface area contributed by atoms with Crippen molar-refractivity contribution >= 4 is 19.6 Å². The maximum atomic E-state index is 10.7. The van der Waals surface area contributed by atoms with Crippen LogP contribution in [-0.4, -0.2) is 40.1 Å². The summed E-state index contributed by atoms with van der Waals surface area (Å²) < 4.78 is 21.2. The fraction of sp³-hybridized carbons (Fsp3) is 1.00. The average molecular weight is 497 g/mol. The first-order valence-corrected chi connectivity index (χ1v) is 15.9. The Balaban J connectivity index is 4.00. The van der Waals surface area contributed by atoms with E-state index in [1.54, 1.807) is 0 Å². The van der Waals surface area contributed by atoms with Gasteiger partial charge in [0.1, 0.15) is 0 Å². The molecule has 0 saturated heterocycles. The van der Waals surface area contributed by atoms with Crippen LogP contribution >= 0.6 is 19.6 Å². The van der Waals surface area contributed by atoms with Gasteiger partial charge in [-0.3, -0.25) is 4.52 Å². The molecule has 0 radical (unpaired) electrons. The van der Waals surface area contributed by atoms with Crippen molar-refractivity contribution in [3.8, 4) is 0 Å². The summed E-state index contributed by atoms with van der Waals surface area (Å²) in [6.45, 7) is 7.17. The van der Waals surface area contributed by atoms with Crippen molar-refractivity contribution in [2.24, 2.45) is 0 Å². The van der Waals surface area contributed by atoms with Crippen LogP contribution in [0.15, 0.2) is 0 Å².